The van der Waals surface area contributed by atoms with E-state index in [0.29, 0.717) is 11.5 Å². The van der Waals surface area contributed by atoms with Gasteiger partial charge in [-0.15, -0.1) is 0 Å². The van der Waals surface area contributed by atoms with Crippen molar-refractivity contribution in [3.8, 4) is 0 Å². The van der Waals surface area contributed by atoms with Crippen molar-refractivity contribution in [3.05, 3.63) is 0 Å². The second-order valence-electron chi connectivity index (χ2n) is 5.98. The molecule has 2 N–H and O–H groups in total. The van der Waals surface area contributed by atoms with Crippen LogP contribution in [0.4, 0.5) is 0 Å². The SMILES string of the molecule is CC1(C)CNCCC1NCCOCC1CC1. The fraction of sp³-hybridized carbons (Fsp3) is 1.00. The van der Waals surface area contributed by atoms with Crippen LogP contribution in [0, 0.1) is 11.3 Å². The molecular weight excluding hydrogens is 200 g/mol. The second-order valence-corrected chi connectivity index (χ2v) is 5.98. The maximum absolute atomic E-state index is 5.64. The zero-order chi connectivity index (χ0) is 11.4. The van der Waals surface area contributed by atoms with Gasteiger partial charge in [0, 0.05) is 25.7 Å². The average molecular weight is 226 g/mol. The summed E-state index contributed by atoms with van der Waals surface area (Å²) in [5.74, 6) is 0.885. The Hall–Kier alpha value is -0.120. The summed E-state index contributed by atoms with van der Waals surface area (Å²) in [6.45, 7) is 9.79. The Kier molecular flexibility index (Phi) is 4.22. The molecule has 1 saturated heterocycles. The molecule has 1 aliphatic heterocycles. The first-order chi connectivity index (χ1) is 7.68. The van der Waals surface area contributed by atoms with Gasteiger partial charge in [0.05, 0.1) is 6.61 Å². The Balaban J connectivity index is 1.56. The van der Waals surface area contributed by atoms with E-state index < -0.39 is 0 Å². The smallest absolute Gasteiger partial charge is 0.0591 e. The number of hydrogen-bond donors (Lipinski definition) is 2. The van der Waals surface area contributed by atoms with Crippen molar-refractivity contribution in [1.82, 2.24) is 10.6 Å². The Morgan fingerprint density at radius 2 is 2.12 bits per heavy atom. The molecule has 0 bridgehead atoms. The molecule has 0 radical (unpaired) electrons. The minimum Gasteiger partial charge on any atom is -0.380 e. The van der Waals surface area contributed by atoms with Gasteiger partial charge in [0.25, 0.3) is 0 Å². The monoisotopic (exact) mass is 226 g/mol. The van der Waals surface area contributed by atoms with E-state index in [2.05, 4.69) is 24.5 Å². The number of piperidine rings is 1. The Morgan fingerprint density at radius 3 is 2.81 bits per heavy atom. The van der Waals surface area contributed by atoms with Crippen LogP contribution in [-0.4, -0.2) is 38.9 Å². The van der Waals surface area contributed by atoms with Gasteiger partial charge in [-0.05, 0) is 37.1 Å². The zero-order valence-corrected chi connectivity index (χ0v) is 10.7. The largest absolute Gasteiger partial charge is 0.380 e. The molecule has 0 amide bonds. The van der Waals surface area contributed by atoms with E-state index >= 15 is 0 Å². The average Bonchev–Trinajstić information content (AvgIpc) is 3.03. The molecule has 1 saturated carbocycles. The third-order valence-electron chi connectivity index (χ3n) is 3.82. The van der Waals surface area contributed by atoms with Crippen LogP contribution in [0.3, 0.4) is 0 Å². The van der Waals surface area contributed by atoms with Crippen LogP contribution in [0.15, 0.2) is 0 Å². The third kappa shape index (κ3) is 3.72. The molecule has 0 aromatic carbocycles. The van der Waals surface area contributed by atoms with Crippen molar-refractivity contribution in [2.24, 2.45) is 11.3 Å². The van der Waals surface area contributed by atoms with E-state index in [9.17, 15) is 0 Å². The van der Waals surface area contributed by atoms with Crippen LogP contribution < -0.4 is 10.6 Å². The van der Waals surface area contributed by atoms with Gasteiger partial charge in [-0.1, -0.05) is 13.8 Å². The van der Waals surface area contributed by atoms with E-state index in [4.69, 9.17) is 4.74 Å². The molecular formula is C13H26N2O. The molecule has 1 heterocycles. The van der Waals surface area contributed by atoms with E-state index in [-0.39, 0.29) is 0 Å². The van der Waals surface area contributed by atoms with E-state index in [1.165, 1.54) is 19.3 Å². The molecule has 2 rings (SSSR count). The lowest BCUT2D eigenvalue weighted by molar-refractivity contribution is 0.112. The highest BCUT2D eigenvalue weighted by Crippen LogP contribution is 2.28. The summed E-state index contributed by atoms with van der Waals surface area (Å²) in [4.78, 5) is 0. The molecule has 1 unspecified atom stereocenters. The maximum atomic E-state index is 5.64. The predicted molar refractivity (Wildman–Crippen MR) is 66.6 cm³/mol. The fourth-order valence-electron chi connectivity index (χ4n) is 2.39. The molecule has 2 fully saturated rings. The minimum absolute atomic E-state index is 0.370. The minimum atomic E-state index is 0.370. The van der Waals surface area contributed by atoms with Crippen LogP contribution in [0.5, 0.6) is 0 Å². The Morgan fingerprint density at radius 1 is 1.31 bits per heavy atom. The first kappa shape index (κ1) is 12.3. The zero-order valence-electron chi connectivity index (χ0n) is 10.7. The van der Waals surface area contributed by atoms with Crippen molar-refractivity contribution in [1.29, 1.82) is 0 Å². The highest BCUT2D eigenvalue weighted by molar-refractivity contribution is 4.90. The standard InChI is InChI=1S/C13H26N2O/c1-13(2)10-14-6-5-12(13)15-7-8-16-9-11-3-4-11/h11-12,14-15H,3-10H2,1-2H3. The summed E-state index contributed by atoms with van der Waals surface area (Å²) in [7, 11) is 0. The summed E-state index contributed by atoms with van der Waals surface area (Å²) in [6, 6.07) is 0.637. The molecule has 16 heavy (non-hydrogen) atoms. The first-order valence-corrected chi connectivity index (χ1v) is 6.70. The maximum Gasteiger partial charge on any atom is 0.0591 e. The summed E-state index contributed by atoms with van der Waals surface area (Å²) in [5.41, 5.74) is 0.370. The van der Waals surface area contributed by atoms with Crippen LogP contribution in [0.1, 0.15) is 33.1 Å². The van der Waals surface area contributed by atoms with Gasteiger partial charge < -0.3 is 15.4 Å². The van der Waals surface area contributed by atoms with Crippen LogP contribution >= 0.6 is 0 Å². The number of ether oxygens (including phenoxy) is 1. The van der Waals surface area contributed by atoms with Gasteiger partial charge in [0.15, 0.2) is 0 Å². The lowest BCUT2D eigenvalue weighted by atomic mass is 9.80. The summed E-state index contributed by atoms with van der Waals surface area (Å²) >= 11 is 0. The van der Waals surface area contributed by atoms with Crippen LogP contribution in [-0.2, 0) is 4.74 Å². The van der Waals surface area contributed by atoms with Crippen molar-refractivity contribution in [2.75, 3.05) is 32.8 Å². The Labute approximate surface area is 99.3 Å². The van der Waals surface area contributed by atoms with Gasteiger partial charge in [0.2, 0.25) is 0 Å². The number of hydrogen-bond acceptors (Lipinski definition) is 3. The van der Waals surface area contributed by atoms with Crippen molar-refractivity contribution in [3.63, 3.8) is 0 Å². The highest BCUT2D eigenvalue weighted by Gasteiger charge is 2.31. The molecule has 1 atom stereocenters. The quantitative estimate of drug-likeness (QED) is 0.672. The number of nitrogens with one attached hydrogen (secondary N) is 2. The lowest BCUT2D eigenvalue weighted by Gasteiger charge is -2.39. The van der Waals surface area contributed by atoms with Crippen molar-refractivity contribution < 1.29 is 4.74 Å². The van der Waals surface area contributed by atoms with Crippen molar-refractivity contribution >= 4 is 0 Å². The fourth-order valence-corrected chi connectivity index (χ4v) is 2.39. The molecule has 0 aromatic rings. The van der Waals surface area contributed by atoms with Gasteiger partial charge >= 0.3 is 0 Å². The Bertz CT molecular complexity index is 214. The highest BCUT2D eigenvalue weighted by atomic mass is 16.5. The molecule has 0 spiro atoms. The normalized spacial score (nSPS) is 29.2. The van der Waals surface area contributed by atoms with Gasteiger partial charge in [-0.25, -0.2) is 0 Å². The molecule has 0 aromatic heterocycles. The molecule has 3 nitrogen and oxygen atoms in total. The van der Waals surface area contributed by atoms with E-state index in [1.807, 2.05) is 0 Å². The predicted octanol–water partition coefficient (Wildman–Crippen LogP) is 1.39. The van der Waals surface area contributed by atoms with Crippen LogP contribution in [0.2, 0.25) is 0 Å². The van der Waals surface area contributed by atoms with Gasteiger partial charge in [0.1, 0.15) is 0 Å². The molecule has 2 aliphatic rings. The summed E-state index contributed by atoms with van der Waals surface area (Å²) in [6.07, 6.45) is 4.00. The topological polar surface area (TPSA) is 33.3 Å². The summed E-state index contributed by atoms with van der Waals surface area (Å²) < 4.78 is 5.64. The number of rotatable bonds is 6. The van der Waals surface area contributed by atoms with Gasteiger partial charge in [-0.2, -0.15) is 0 Å². The molecule has 3 heteroatoms. The van der Waals surface area contributed by atoms with Crippen LogP contribution in [0.25, 0.3) is 0 Å². The van der Waals surface area contributed by atoms with E-state index in [0.717, 1.165) is 38.8 Å². The molecule has 94 valence electrons. The van der Waals surface area contributed by atoms with Crippen molar-refractivity contribution in [2.45, 2.75) is 39.2 Å². The third-order valence-corrected chi connectivity index (χ3v) is 3.82. The lowest BCUT2D eigenvalue weighted by Crippen LogP contribution is -2.53. The van der Waals surface area contributed by atoms with Gasteiger partial charge in [-0.3, -0.25) is 0 Å². The second kappa shape index (κ2) is 5.48. The molecule has 1 aliphatic carbocycles. The summed E-state index contributed by atoms with van der Waals surface area (Å²) in [5, 5.41) is 7.10. The first-order valence-electron chi connectivity index (χ1n) is 6.70. The van der Waals surface area contributed by atoms with E-state index in [1.54, 1.807) is 0 Å².